The van der Waals surface area contributed by atoms with Crippen LogP contribution in [-0.4, -0.2) is 17.9 Å². The molecule has 2 aromatic carbocycles. The molecule has 0 heterocycles. The third-order valence-electron chi connectivity index (χ3n) is 3.21. The second-order valence-corrected chi connectivity index (χ2v) is 5.47. The molecular formula is C18H20N2O2. The summed E-state index contributed by atoms with van der Waals surface area (Å²) in [6, 6.07) is 14.4. The average molecular weight is 296 g/mol. The Kier molecular flexibility index (Phi) is 4.94. The molecule has 0 aliphatic carbocycles. The molecular weight excluding hydrogens is 276 g/mol. The van der Waals surface area contributed by atoms with Crippen LogP contribution < -0.4 is 10.6 Å². The molecule has 0 spiro atoms. The molecule has 0 saturated carbocycles. The van der Waals surface area contributed by atoms with Crippen LogP contribution in [0.3, 0.4) is 0 Å². The molecule has 0 radical (unpaired) electrons. The standard InChI is InChI=1S/C18H20N2O2/c1-12(2)19-17(21)14-8-10-15(11-9-14)20-18(22)16-7-5-4-6-13(16)3/h4-12H,1-3H3,(H,19,21)(H,20,22). The zero-order chi connectivity index (χ0) is 16.1. The van der Waals surface area contributed by atoms with Gasteiger partial charge >= 0.3 is 0 Å². The summed E-state index contributed by atoms with van der Waals surface area (Å²) in [7, 11) is 0. The topological polar surface area (TPSA) is 58.2 Å². The monoisotopic (exact) mass is 296 g/mol. The molecule has 114 valence electrons. The Bertz CT molecular complexity index is 676. The maximum Gasteiger partial charge on any atom is 0.255 e. The van der Waals surface area contributed by atoms with Crippen molar-refractivity contribution in [1.82, 2.24) is 5.32 Å². The number of anilines is 1. The van der Waals surface area contributed by atoms with E-state index in [0.717, 1.165) is 5.56 Å². The van der Waals surface area contributed by atoms with Gasteiger partial charge in [0.2, 0.25) is 0 Å². The molecule has 2 amide bonds. The molecule has 0 fully saturated rings. The van der Waals surface area contributed by atoms with Crippen LogP contribution in [0.25, 0.3) is 0 Å². The lowest BCUT2D eigenvalue weighted by Gasteiger charge is -2.10. The largest absolute Gasteiger partial charge is 0.350 e. The Hall–Kier alpha value is -2.62. The van der Waals surface area contributed by atoms with Gasteiger partial charge in [-0.3, -0.25) is 9.59 Å². The van der Waals surface area contributed by atoms with Crippen LogP contribution >= 0.6 is 0 Å². The van der Waals surface area contributed by atoms with Crippen molar-refractivity contribution in [3.63, 3.8) is 0 Å². The van der Waals surface area contributed by atoms with Crippen molar-refractivity contribution in [1.29, 1.82) is 0 Å². The summed E-state index contributed by atoms with van der Waals surface area (Å²) in [4.78, 5) is 24.1. The Balaban J connectivity index is 2.07. The zero-order valence-electron chi connectivity index (χ0n) is 13.0. The highest BCUT2D eigenvalue weighted by molar-refractivity contribution is 6.05. The van der Waals surface area contributed by atoms with Crippen LogP contribution in [0.2, 0.25) is 0 Å². The second-order valence-electron chi connectivity index (χ2n) is 5.47. The highest BCUT2D eigenvalue weighted by Gasteiger charge is 2.10. The molecule has 0 saturated heterocycles. The second kappa shape index (κ2) is 6.89. The van der Waals surface area contributed by atoms with Crippen LogP contribution in [0.4, 0.5) is 5.69 Å². The van der Waals surface area contributed by atoms with E-state index in [4.69, 9.17) is 0 Å². The van der Waals surface area contributed by atoms with Crippen LogP contribution in [0.1, 0.15) is 40.1 Å². The summed E-state index contributed by atoms with van der Waals surface area (Å²) in [6.07, 6.45) is 0. The SMILES string of the molecule is Cc1ccccc1C(=O)Nc1ccc(C(=O)NC(C)C)cc1. The summed E-state index contributed by atoms with van der Waals surface area (Å²) in [5.74, 6) is -0.274. The van der Waals surface area contributed by atoms with Gasteiger partial charge in [-0.25, -0.2) is 0 Å². The fourth-order valence-corrected chi connectivity index (χ4v) is 2.08. The fourth-order valence-electron chi connectivity index (χ4n) is 2.08. The minimum Gasteiger partial charge on any atom is -0.350 e. The first-order valence-corrected chi connectivity index (χ1v) is 7.25. The minimum absolute atomic E-state index is 0.0907. The van der Waals surface area contributed by atoms with Gasteiger partial charge in [-0.1, -0.05) is 18.2 Å². The van der Waals surface area contributed by atoms with E-state index in [-0.39, 0.29) is 17.9 Å². The third kappa shape index (κ3) is 3.95. The summed E-state index contributed by atoms with van der Waals surface area (Å²) in [5, 5.41) is 5.66. The van der Waals surface area contributed by atoms with Crippen molar-refractivity contribution in [2.24, 2.45) is 0 Å². The van der Waals surface area contributed by atoms with Crippen molar-refractivity contribution in [3.05, 3.63) is 65.2 Å². The molecule has 0 bridgehead atoms. The first-order valence-electron chi connectivity index (χ1n) is 7.25. The number of hydrogen-bond acceptors (Lipinski definition) is 2. The maximum absolute atomic E-state index is 12.2. The molecule has 22 heavy (non-hydrogen) atoms. The smallest absolute Gasteiger partial charge is 0.255 e. The lowest BCUT2D eigenvalue weighted by atomic mass is 10.1. The molecule has 0 aromatic heterocycles. The van der Waals surface area contributed by atoms with E-state index in [2.05, 4.69) is 10.6 Å². The van der Waals surface area contributed by atoms with Gasteiger partial charge in [0.15, 0.2) is 0 Å². The molecule has 4 nitrogen and oxygen atoms in total. The number of nitrogens with one attached hydrogen (secondary N) is 2. The van der Waals surface area contributed by atoms with E-state index in [0.29, 0.717) is 16.8 Å². The van der Waals surface area contributed by atoms with E-state index < -0.39 is 0 Å². The van der Waals surface area contributed by atoms with Crippen molar-refractivity contribution in [2.75, 3.05) is 5.32 Å². The number of rotatable bonds is 4. The van der Waals surface area contributed by atoms with E-state index in [9.17, 15) is 9.59 Å². The van der Waals surface area contributed by atoms with E-state index >= 15 is 0 Å². The fraction of sp³-hybridized carbons (Fsp3) is 0.222. The number of aryl methyl sites for hydroxylation is 1. The summed E-state index contributed by atoms with van der Waals surface area (Å²) < 4.78 is 0. The maximum atomic E-state index is 12.2. The third-order valence-corrected chi connectivity index (χ3v) is 3.21. The lowest BCUT2D eigenvalue weighted by molar-refractivity contribution is 0.0942. The minimum atomic E-state index is -0.155. The Labute approximate surface area is 130 Å². The van der Waals surface area contributed by atoms with Gasteiger partial charge in [0.05, 0.1) is 0 Å². The number of amides is 2. The van der Waals surface area contributed by atoms with Crippen LogP contribution in [-0.2, 0) is 0 Å². The predicted octanol–water partition coefficient (Wildman–Crippen LogP) is 3.39. The molecule has 0 atom stereocenters. The summed E-state index contributed by atoms with van der Waals surface area (Å²) in [5.41, 5.74) is 2.80. The molecule has 0 aliphatic heterocycles. The molecule has 0 unspecified atom stereocenters. The van der Waals surface area contributed by atoms with Gasteiger partial charge in [0, 0.05) is 22.9 Å². The summed E-state index contributed by atoms with van der Waals surface area (Å²) in [6.45, 7) is 5.72. The van der Waals surface area contributed by atoms with E-state index in [1.54, 1.807) is 30.3 Å². The van der Waals surface area contributed by atoms with Crippen molar-refractivity contribution in [3.8, 4) is 0 Å². The van der Waals surface area contributed by atoms with Crippen molar-refractivity contribution < 1.29 is 9.59 Å². The average Bonchev–Trinajstić information content (AvgIpc) is 2.47. The molecule has 4 heteroatoms. The first kappa shape index (κ1) is 15.8. The van der Waals surface area contributed by atoms with Crippen molar-refractivity contribution in [2.45, 2.75) is 26.8 Å². The zero-order valence-corrected chi connectivity index (χ0v) is 13.0. The van der Waals surface area contributed by atoms with E-state index in [1.165, 1.54) is 0 Å². The normalized spacial score (nSPS) is 10.4. The van der Waals surface area contributed by atoms with Gasteiger partial charge in [0.1, 0.15) is 0 Å². The number of benzene rings is 2. The van der Waals surface area contributed by atoms with Gasteiger partial charge in [-0.05, 0) is 56.7 Å². The van der Waals surface area contributed by atoms with Gasteiger partial charge in [0.25, 0.3) is 11.8 Å². The highest BCUT2D eigenvalue weighted by atomic mass is 16.2. The van der Waals surface area contributed by atoms with E-state index in [1.807, 2.05) is 39.0 Å². The first-order chi connectivity index (χ1) is 10.5. The van der Waals surface area contributed by atoms with Crippen LogP contribution in [0.5, 0.6) is 0 Å². The Morgan fingerprint density at radius 3 is 2.14 bits per heavy atom. The number of carbonyl (C=O) groups excluding carboxylic acids is 2. The van der Waals surface area contributed by atoms with Crippen LogP contribution in [0, 0.1) is 6.92 Å². The Morgan fingerprint density at radius 2 is 1.55 bits per heavy atom. The van der Waals surface area contributed by atoms with Gasteiger partial charge in [-0.15, -0.1) is 0 Å². The molecule has 0 aliphatic rings. The highest BCUT2D eigenvalue weighted by Crippen LogP contribution is 2.13. The molecule has 2 aromatic rings. The Morgan fingerprint density at radius 1 is 0.909 bits per heavy atom. The predicted molar refractivity (Wildman–Crippen MR) is 88.2 cm³/mol. The number of carbonyl (C=O) groups is 2. The molecule has 2 N–H and O–H groups in total. The van der Waals surface area contributed by atoms with Gasteiger partial charge in [-0.2, -0.15) is 0 Å². The lowest BCUT2D eigenvalue weighted by Crippen LogP contribution is -2.30. The quantitative estimate of drug-likeness (QED) is 0.908. The molecule has 2 rings (SSSR count). The van der Waals surface area contributed by atoms with Crippen LogP contribution in [0.15, 0.2) is 48.5 Å². The summed E-state index contributed by atoms with van der Waals surface area (Å²) >= 11 is 0. The van der Waals surface area contributed by atoms with Crippen molar-refractivity contribution >= 4 is 17.5 Å². The van der Waals surface area contributed by atoms with Gasteiger partial charge < -0.3 is 10.6 Å². The number of hydrogen-bond donors (Lipinski definition) is 2.